The van der Waals surface area contributed by atoms with Crippen LogP contribution in [0.2, 0.25) is 0 Å². The third-order valence-corrected chi connectivity index (χ3v) is 5.25. The third kappa shape index (κ3) is 3.25. The summed E-state index contributed by atoms with van der Waals surface area (Å²) < 4.78 is 22.8. The number of benzene rings is 2. The average Bonchev–Trinajstić information content (AvgIpc) is 3.00. The van der Waals surface area contributed by atoms with E-state index in [4.69, 9.17) is 18.4 Å². The lowest BCUT2D eigenvalue weighted by Gasteiger charge is -2.34. The molecule has 2 aromatic carbocycles. The molecule has 25 heavy (non-hydrogen) atoms. The largest absolute Gasteiger partial charge is 0.496 e. The van der Waals surface area contributed by atoms with Gasteiger partial charge in [0, 0.05) is 18.9 Å². The van der Waals surface area contributed by atoms with Crippen molar-refractivity contribution in [1.82, 2.24) is 0 Å². The maximum Gasteiger partial charge on any atom is 0.123 e. The van der Waals surface area contributed by atoms with E-state index < -0.39 is 5.41 Å². The van der Waals surface area contributed by atoms with Crippen molar-refractivity contribution in [2.45, 2.75) is 17.6 Å². The summed E-state index contributed by atoms with van der Waals surface area (Å²) in [7, 11) is 3.28. The fourth-order valence-electron chi connectivity index (χ4n) is 3.57. The van der Waals surface area contributed by atoms with Crippen LogP contribution in [-0.4, -0.2) is 57.6 Å². The fourth-order valence-corrected chi connectivity index (χ4v) is 4.08. The van der Waals surface area contributed by atoms with Crippen LogP contribution in [0.4, 0.5) is 0 Å². The quantitative estimate of drug-likeness (QED) is 0.763. The van der Waals surface area contributed by atoms with Crippen LogP contribution in [-0.2, 0) is 19.1 Å². The van der Waals surface area contributed by atoms with E-state index in [0.717, 1.165) is 22.1 Å². The standard InChI is InChI=1S/C19H24O5S/c1-21-10-17-18(24-25-3)19(11-20,12-23-17)15-8-13-6-4-5-7-14(13)9-16(15)22-2/h4-9,17-18,20H,10-12H2,1-3H3/t17-,18?,19?/m1/s1. The van der Waals surface area contributed by atoms with Crippen LogP contribution in [0.3, 0.4) is 0 Å². The van der Waals surface area contributed by atoms with Crippen molar-refractivity contribution in [2.75, 3.05) is 40.3 Å². The fraction of sp³-hybridized carbons (Fsp3) is 0.474. The molecule has 1 aliphatic rings. The number of hydrogen-bond donors (Lipinski definition) is 1. The summed E-state index contributed by atoms with van der Waals surface area (Å²) in [4.78, 5) is 0. The van der Waals surface area contributed by atoms with Gasteiger partial charge in [-0.1, -0.05) is 24.3 Å². The zero-order valence-electron chi connectivity index (χ0n) is 14.7. The first kappa shape index (κ1) is 18.5. The van der Waals surface area contributed by atoms with Crippen molar-refractivity contribution in [3.8, 4) is 5.75 Å². The van der Waals surface area contributed by atoms with E-state index in [2.05, 4.69) is 12.1 Å². The van der Waals surface area contributed by atoms with Crippen molar-refractivity contribution in [1.29, 1.82) is 0 Å². The van der Waals surface area contributed by atoms with E-state index >= 15 is 0 Å². The molecule has 136 valence electrons. The van der Waals surface area contributed by atoms with Gasteiger partial charge < -0.3 is 23.5 Å². The summed E-state index contributed by atoms with van der Waals surface area (Å²) in [6.45, 7) is 0.646. The van der Waals surface area contributed by atoms with Gasteiger partial charge in [-0.3, -0.25) is 0 Å². The second-order valence-corrected chi connectivity index (χ2v) is 6.73. The van der Waals surface area contributed by atoms with Crippen molar-refractivity contribution in [2.24, 2.45) is 0 Å². The molecule has 2 unspecified atom stereocenters. The molecule has 1 fully saturated rings. The first-order valence-corrected chi connectivity index (χ1v) is 9.33. The molecule has 1 N–H and O–H groups in total. The Bertz CT molecular complexity index is 722. The molecule has 0 saturated carbocycles. The number of aliphatic hydroxyl groups is 1. The van der Waals surface area contributed by atoms with E-state index in [1.807, 2.05) is 30.5 Å². The summed E-state index contributed by atoms with van der Waals surface area (Å²) in [5.74, 6) is 0.726. The normalized spacial score (nSPS) is 26.2. The van der Waals surface area contributed by atoms with Gasteiger partial charge in [0.2, 0.25) is 0 Å². The molecule has 0 amide bonds. The Balaban J connectivity index is 2.14. The third-order valence-electron chi connectivity index (χ3n) is 4.85. The van der Waals surface area contributed by atoms with Crippen LogP contribution in [0.25, 0.3) is 10.8 Å². The summed E-state index contributed by atoms with van der Waals surface area (Å²) in [5.41, 5.74) is 0.190. The van der Waals surface area contributed by atoms with Crippen molar-refractivity contribution >= 4 is 22.8 Å². The van der Waals surface area contributed by atoms with E-state index in [-0.39, 0.29) is 18.8 Å². The highest BCUT2D eigenvalue weighted by Gasteiger charge is 2.53. The van der Waals surface area contributed by atoms with Gasteiger partial charge >= 0.3 is 0 Å². The Kier molecular flexibility index (Phi) is 5.86. The van der Waals surface area contributed by atoms with Crippen LogP contribution in [0, 0.1) is 0 Å². The summed E-state index contributed by atoms with van der Waals surface area (Å²) in [5, 5.41) is 12.6. The first-order valence-electron chi connectivity index (χ1n) is 8.18. The van der Waals surface area contributed by atoms with Crippen molar-refractivity contribution in [3.63, 3.8) is 0 Å². The molecular weight excluding hydrogens is 340 g/mol. The Labute approximate surface area is 152 Å². The summed E-state index contributed by atoms with van der Waals surface area (Å²) in [6, 6.07) is 12.2. The van der Waals surface area contributed by atoms with Crippen molar-refractivity contribution < 1.29 is 23.5 Å². The predicted octanol–water partition coefficient (Wildman–Crippen LogP) is 2.79. The lowest BCUT2D eigenvalue weighted by Crippen LogP contribution is -2.46. The number of rotatable bonds is 7. The SMILES string of the molecule is COC[C@H]1OCC(CO)(c2cc3ccccc3cc2OC)C1OSC. The Hall–Kier alpha value is -1.31. The topological polar surface area (TPSA) is 57.2 Å². The maximum absolute atomic E-state index is 10.4. The average molecular weight is 364 g/mol. The molecule has 1 saturated heterocycles. The van der Waals surface area contributed by atoms with Crippen LogP contribution in [0.1, 0.15) is 5.56 Å². The minimum atomic E-state index is -0.707. The minimum absolute atomic E-state index is 0.104. The van der Waals surface area contributed by atoms with Gasteiger partial charge in [0.05, 0.1) is 32.3 Å². The van der Waals surface area contributed by atoms with E-state index in [0.29, 0.717) is 13.2 Å². The van der Waals surface area contributed by atoms with E-state index in [9.17, 15) is 5.11 Å². The highest BCUT2D eigenvalue weighted by atomic mass is 32.2. The van der Waals surface area contributed by atoms with Gasteiger partial charge in [0.1, 0.15) is 18.0 Å². The number of ether oxygens (including phenoxy) is 3. The summed E-state index contributed by atoms with van der Waals surface area (Å²) >= 11 is 1.27. The second-order valence-electron chi connectivity index (χ2n) is 6.20. The number of methoxy groups -OCH3 is 2. The molecule has 0 radical (unpaired) electrons. The van der Waals surface area contributed by atoms with Gasteiger partial charge in [0.25, 0.3) is 0 Å². The number of hydrogen-bond acceptors (Lipinski definition) is 6. The molecule has 1 aliphatic heterocycles. The second kappa shape index (κ2) is 7.93. The monoisotopic (exact) mass is 364 g/mol. The molecule has 5 nitrogen and oxygen atoms in total. The van der Waals surface area contributed by atoms with Gasteiger partial charge in [0.15, 0.2) is 0 Å². The molecule has 1 heterocycles. The Morgan fingerprint density at radius 3 is 2.56 bits per heavy atom. The molecule has 0 bridgehead atoms. The minimum Gasteiger partial charge on any atom is -0.496 e. The first-order chi connectivity index (χ1) is 12.2. The van der Waals surface area contributed by atoms with E-state index in [1.54, 1.807) is 14.2 Å². The zero-order chi connectivity index (χ0) is 17.9. The highest BCUT2D eigenvalue weighted by Crippen LogP contribution is 2.45. The molecule has 2 aromatic rings. The van der Waals surface area contributed by atoms with Gasteiger partial charge in [-0.25, -0.2) is 0 Å². The molecule has 0 aliphatic carbocycles. The van der Waals surface area contributed by atoms with Crippen LogP contribution >= 0.6 is 12.0 Å². The molecular formula is C19H24O5S. The smallest absolute Gasteiger partial charge is 0.123 e. The number of aliphatic hydroxyl groups excluding tert-OH is 1. The molecule has 0 spiro atoms. The van der Waals surface area contributed by atoms with Crippen molar-refractivity contribution in [3.05, 3.63) is 42.0 Å². The molecule has 6 heteroatoms. The highest BCUT2D eigenvalue weighted by molar-refractivity contribution is 7.93. The van der Waals surface area contributed by atoms with Crippen LogP contribution in [0.15, 0.2) is 36.4 Å². The predicted molar refractivity (Wildman–Crippen MR) is 99.3 cm³/mol. The lowest BCUT2D eigenvalue weighted by molar-refractivity contribution is 0.000381. The molecule has 3 rings (SSSR count). The van der Waals surface area contributed by atoms with Gasteiger partial charge in [-0.05, 0) is 34.9 Å². The van der Waals surface area contributed by atoms with Crippen LogP contribution in [0.5, 0.6) is 5.75 Å². The lowest BCUT2D eigenvalue weighted by atomic mass is 9.76. The Morgan fingerprint density at radius 2 is 1.96 bits per heavy atom. The summed E-state index contributed by atoms with van der Waals surface area (Å²) in [6.07, 6.45) is 1.27. The van der Waals surface area contributed by atoms with Gasteiger partial charge in [-0.15, -0.1) is 0 Å². The maximum atomic E-state index is 10.4. The van der Waals surface area contributed by atoms with E-state index in [1.165, 1.54) is 12.0 Å². The Morgan fingerprint density at radius 1 is 1.24 bits per heavy atom. The number of fused-ring (bicyclic) bond motifs is 1. The van der Waals surface area contributed by atoms with Gasteiger partial charge in [-0.2, -0.15) is 0 Å². The van der Waals surface area contributed by atoms with Crippen LogP contribution < -0.4 is 4.74 Å². The molecule has 0 aromatic heterocycles. The molecule has 3 atom stereocenters. The zero-order valence-corrected chi connectivity index (χ0v) is 15.5.